The van der Waals surface area contributed by atoms with Crippen molar-refractivity contribution in [2.24, 2.45) is 17.3 Å². The van der Waals surface area contributed by atoms with Crippen molar-refractivity contribution in [2.45, 2.75) is 41.5 Å². The smallest absolute Gasteiger partial charge is 0.0511 e. The van der Waals surface area contributed by atoms with Gasteiger partial charge in [0.25, 0.3) is 0 Å². The highest BCUT2D eigenvalue weighted by Gasteiger charge is 2.24. The molecule has 0 aliphatic carbocycles. The van der Waals surface area contributed by atoms with Crippen molar-refractivity contribution in [3.8, 4) is 0 Å². The second-order valence-electron chi connectivity index (χ2n) is 5.77. The lowest BCUT2D eigenvalue weighted by Gasteiger charge is -2.31. The molecule has 2 heteroatoms. The summed E-state index contributed by atoms with van der Waals surface area (Å²) in [7, 11) is 0. The third-order valence-corrected chi connectivity index (χ3v) is 2.69. The Balaban J connectivity index is 3.91. The zero-order valence-corrected chi connectivity index (χ0v) is 11.4. The molecule has 0 fully saturated rings. The predicted molar refractivity (Wildman–Crippen MR) is 67.1 cm³/mol. The van der Waals surface area contributed by atoms with Gasteiger partial charge in [0.05, 0.1) is 6.61 Å². The largest absolute Gasteiger partial charge is 0.381 e. The van der Waals surface area contributed by atoms with Crippen LogP contribution in [0.3, 0.4) is 0 Å². The van der Waals surface area contributed by atoms with Gasteiger partial charge in [0, 0.05) is 13.2 Å². The van der Waals surface area contributed by atoms with Crippen LogP contribution in [0.1, 0.15) is 41.5 Å². The van der Waals surface area contributed by atoms with Crippen LogP contribution < -0.4 is 5.32 Å². The van der Waals surface area contributed by atoms with Gasteiger partial charge in [-0.05, 0) is 30.7 Å². The summed E-state index contributed by atoms with van der Waals surface area (Å²) >= 11 is 0. The second-order valence-corrected chi connectivity index (χ2v) is 5.77. The Bertz CT molecular complexity index is 149. The van der Waals surface area contributed by atoms with Crippen LogP contribution >= 0.6 is 0 Å². The first kappa shape index (κ1) is 14.9. The monoisotopic (exact) mass is 215 g/mol. The Labute approximate surface area is 95.8 Å². The maximum Gasteiger partial charge on any atom is 0.0511 e. The zero-order chi connectivity index (χ0) is 11.9. The fourth-order valence-electron chi connectivity index (χ4n) is 1.42. The molecule has 1 atom stereocenters. The molecule has 1 unspecified atom stereocenters. The molecular formula is C13H29NO. The van der Waals surface area contributed by atoms with Gasteiger partial charge in [-0.25, -0.2) is 0 Å². The standard InChI is InChI=1S/C13H29NO/c1-7-15-10-12(13(4,5)6)9-14-8-11(2)3/h11-12,14H,7-10H2,1-6H3. The SMILES string of the molecule is CCOCC(CNCC(C)C)C(C)(C)C. The number of nitrogens with one attached hydrogen (secondary N) is 1. The van der Waals surface area contributed by atoms with E-state index in [1.54, 1.807) is 0 Å². The van der Waals surface area contributed by atoms with Gasteiger partial charge < -0.3 is 10.1 Å². The Kier molecular flexibility index (Phi) is 7.20. The van der Waals surface area contributed by atoms with E-state index >= 15 is 0 Å². The van der Waals surface area contributed by atoms with Gasteiger partial charge in [-0.15, -0.1) is 0 Å². The molecule has 0 aliphatic rings. The first-order valence-electron chi connectivity index (χ1n) is 6.16. The molecule has 0 aliphatic heterocycles. The summed E-state index contributed by atoms with van der Waals surface area (Å²) in [6.07, 6.45) is 0. The molecule has 1 N–H and O–H groups in total. The van der Waals surface area contributed by atoms with E-state index < -0.39 is 0 Å². The molecule has 15 heavy (non-hydrogen) atoms. The van der Waals surface area contributed by atoms with Crippen LogP contribution in [0.4, 0.5) is 0 Å². The van der Waals surface area contributed by atoms with E-state index in [9.17, 15) is 0 Å². The molecule has 0 aromatic rings. The van der Waals surface area contributed by atoms with Crippen molar-refractivity contribution in [3.05, 3.63) is 0 Å². The predicted octanol–water partition coefficient (Wildman–Crippen LogP) is 2.93. The first-order chi connectivity index (χ1) is 6.88. The van der Waals surface area contributed by atoms with E-state index in [-0.39, 0.29) is 0 Å². The number of hydrogen-bond acceptors (Lipinski definition) is 2. The molecule has 92 valence electrons. The second kappa shape index (κ2) is 7.24. The van der Waals surface area contributed by atoms with Gasteiger partial charge in [0.15, 0.2) is 0 Å². The minimum Gasteiger partial charge on any atom is -0.381 e. The van der Waals surface area contributed by atoms with Crippen molar-refractivity contribution < 1.29 is 4.74 Å². The van der Waals surface area contributed by atoms with Crippen molar-refractivity contribution in [1.82, 2.24) is 5.32 Å². The molecule has 0 radical (unpaired) electrons. The van der Waals surface area contributed by atoms with E-state index in [0.717, 1.165) is 32.2 Å². The quantitative estimate of drug-likeness (QED) is 0.705. The van der Waals surface area contributed by atoms with Gasteiger partial charge in [-0.3, -0.25) is 0 Å². The highest BCUT2D eigenvalue weighted by Crippen LogP contribution is 2.25. The first-order valence-corrected chi connectivity index (χ1v) is 6.16. The van der Waals surface area contributed by atoms with Crippen LogP contribution in [-0.4, -0.2) is 26.3 Å². The summed E-state index contributed by atoms with van der Waals surface area (Å²) in [4.78, 5) is 0. The lowest BCUT2D eigenvalue weighted by Crippen LogP contribution is -2.36. The normalized spacial score (nSPS) is 14.6. The fraction of sp³-hybridized carbons (Fsp3) is 1.00. The lowest BCUT2D eigenvalue weighted by molar-refractivity contribution is 0.0622. The Morgan fingerprint density at radius 2 is 1.73 bits per heavy atom. The number of ether oxygens (including phenoxy) is 1. The lowest BCUT2D eigenvalue weighted by atomic mass is 9.81. The van der Waals surface area contributed by atoms with E-state index in [4.69, 9.17) is 4.74 Å². The van der Waals surface area contributed by atoms with Gasteiger partial charge in [0.1, 0.15) is 0 Å². The van der Waals surface area contributed by atoms with E-state index in [2.05, 4.69) is 46.9 Å². The molecular weight excluding hydrogens is 186 g/mol. The molecule has 0 bridgehead atoms. The van der Waals surface area contributed by atoms with Gasteiger partial charge in [0.2, 0.25) is 0 Å². The highest BCUT2D eigenvalue weighted by molar-refractivity contribution is 4.76. The molecule has 0 aromatic heterocycles. The molecule has 0 amide bonds. The summed E-state index contributed by atoms with van der Waals surface area (Å²) in [5, 5.41) is 3.52. The van der Waals surface area contributed by atoms with Gasteiger partial charge in [-0.2, -0.15) is 0 Å². The van der Waals surface area contributed by atoms with E-state index in [1.807, 2.05) is 0 Å². The minimum atomic E-state index is 0.319. The third-order valence-electron chi connectivity index (χ3n) is 2.69. The Morgan fingerprint density at radius 1 is 1.13 bits per heavy atom. The molecule has 0 spiro atoms. The molecule has 0 rings (SSSR count). The maximum absolute atomic E-state index is 5.54. The van der Waals surface area contributed by atoms with Crippen LogP contribution in [0.2, 0.25) is 0 Å². The van der Waals surface area contributed by atoms with Crippen LogP contribution in [0, 0.1) is 17.3 Å². The van der Waals surface area contributed by atoms with Gasteiger partial charge >= 0.3 is 0 Å². The topological polar surface area (TPSA) is 21.3 Å². The van der Waals surface area contributed by atoms with Crippen LogP contribution in [0.15, 0.2) is 0 Å². The van der Waals surface area contributed by atoms with Crippen LogP contribution in [-0.2, 0) is 4.74 Å². The fourth-order valence-corrected chi connectivity index (χ4v) is 1.42. The van der Waals surface area contributed by atoms with E-state index in [1.165, 1.54) is 0 Å². The highest BCUT2D eigenvalue weighted by atomic mass is 16.5. The number of hydrogen-bond donors (Lipinski definition) is 1. The van der Waals surface area contributed by atoms with Gasteiger partial charge in [-0.1, -0.05) is 34.6 Å². The molecule has 0 heterocycles. The average molecular weight is 215 g/mol. The van der Waals surface area contributed by atoms with Crippen molar-refractivity contribution in [1.29, 1.82) is 0 Å². The maximum atomic E-state index is 5.54. The molecule has 2 nitrogen and oxygen atoms in total. The summed E-state index contributed by atoms with van der Waals surface area (Å²) in [5.74, 6) is 1.31. The Morgan fingerprint density at radius 3 is 2.13 bits per heavy atom. The summed E-state index contributed by atoms with van der Waals surface area (Å²) < 4.78 is 5.54. The van der Waals surface area contributed by atoms with Crippen LogP contribution in [0.25, 0.3) is 0 Å². The molecule has 0 saturated heterocycles. The van der Waals surface area contributed by atoms with Crippen molar-refractivity contribution in [2.75, 3.05) is 26.3 Å². The minimum absolute atomic E-state index is 0.319. The number of rotatable bonds is 7. The summed E-state index contributed by atoms with van der Waals surface area (Å²) in [5.41, 5.74) is 0.319. The van der Waals surface area contributed by atoms with Crippen molar-refractivity contribution in [3.63, 3.8) is 0 Å². The average Bonchev–Trinajstić information content (AvgIpc) is 2.08. The molecule has 0 aromatic carbocycles. The summed E-state index contributed by atoms with van der Waals surface area (Å²) in [6, 6.07) is 0. The third kappa shape index (κ3) is 7.80. The van der Waals surface area contributed by atoms with Crippen LogP contribution in [0.5, 0.6) is 0 Å². The zero-order valence-electron chi connectivity index (χ0n) is 11.4. The van der Waals surface area contributed by atoms with E-state index in [0.29, 0.717) is 11.3 Å². The van der Waals surface area contributed by atoms with Crippen molar-refractivity contribution >= 4 is 0 Å². The molecule has 0 saturated carbocycles. The Hall–Kier alpha value is -0.0800. The summed E-state index contributed by atoms with van der Waals surface area (Å²) in [6.45, 7) is 17.2.